The number of aliphatic hydroxyl groups is 2. The van der Waals surface area contributed by atoms with Gasteiger partial charge in [-0.05, 0) is 49.4 Å². The molecule has 0 radical (unpaired) electrons. The van der Waals surface area contributed by atoms with Gasteiger partial charge in [0.25, 0.3) is 0 Å². The van der Waals surface area contributed by atoms with Crippen molar-refractivity contribution in [2.24, 2.45) is 23.2 Å². The first-order chi connectivity index (χ1) is 12.9. The van der Waals surface area contributed by atoms with Crippen molar-refractivity contribution in [2.75, 3.05) is 0 Å². The SMILES string of the molecule is C[C@@]12CC[C@H](O)[C@@H](C#CC(O)CC3CCCCC3)[C@@H]1CC2=CCCC(=O)O. The summed E-state index contributed by atoms with van der Waals surface area (Å²) in [5.74, 6) is 6.36. The maximum Gasteiger partial charge on any atom is 0.303 e. The number of rotatable bonds is 5. The van der Waals surface area contributed by atoms with E-state index in [-0.39, 0.29) is 17.8 Å². The van der Waals surface area contributed by atoms with Crippen molar-refractivity contribution in [3.05, 3.63) is 11.6 Å². The minimum atomic E-state index is -0.761. The summed E-state index contributed by atoms with van der Waals surface area (Å²) in [6.45, 7) is 2.23. The predicted molar refractivity (Wildman–Crippen MR) is 105 cm³/mol. The largest absolute Gasteiger partial charge is 0.481 e. The molecule has 0 heterocycles. The third kappa shape index (κ3) is 4.76. The fourth-order valence-electron chi connectivity index (χ4n) is 5.44. The molecule has 3 aliphatic carbocycles. The second-order valence-corrected chi connectivity index (χ2v) is 9.07. The molecular formula is C23H34O4. The molecule has 3 rings (SSSR count). The Bertz CT molecular complexity index is 622. The molecule has 3 aliphatic rings. The van der Waals surface area contributed by atoms with Crippen molar-refractivity contribution in [2.45, 2.75) is 89.8 Å². The second-order valence-electron chi connectivity index (χ2n) is 9.07. The molecule has 3 fully saturated rings. The van der Waals surface area contributed by atoms with Crippen LogP contribution in [0, 0.1) is 35.0 Å². The lowest BCUT2D eigenvalue weighted by Crippen LogP contribution is -2.51. The number of carboxylic acids is 1. The Morgan fingerprint density at radius 3 is 2.74 bits per heavy atom. The van der Waals surface area contributed by atoms with E-state index in [0.717, 1.165) is 25.7 Å². The van der Waals surface area contributed by atoms with Crippen LogP contribution in [0.1, 0.15) is 77.6 Å². The van der Waals surface area contributed by atoms with Crippen molar-refractivity contribution in [3.8, 4) is 11.8 Å². The number of fused-ring (bicyclic) bond motifs is 1. The highest BCUT2D eigenvalue weighted by molar-refractivity contribution is 5.66. The summed E-state index contributed by atoms with van der Waals surface area (Å²) >= 11 is 0. The quantitative estimate of drug-likeness (QED) is 0.504. The van der Waals surface area contributed by atoms with Crippen molar-refractivity contribution in [1.82, 2.24) is 0 Å². The average molecular weight is 375 g/mol. The second kappa shape index (κ2) is 8.80. The standard InChI is InChI=1S/C23H34O4/c1-23-13-12-21(25)19(20(23)15-17(23)8-5-9-22(26)27)11-10-18(24)14-16-6-3-2-4-7-16/h8,16,18-21,24-25H,2-7,9,12-15H2,1H3,(H,26,27)/t18?,19-,20-,21-,23-/m0/s1. The van der Waals surface area contributed by atoms with Gasteiger partial charge in [0.05, 0.1) is 12.0 Å². The Morgan fingerprint density at radius 2 is 2.04 bits per heavy atom. The van der Waals surface area contributed by atoms with Gasteiger partial charge in [0, 0.05) is 6.42 Å². The van der Waals surface area contributed by atoms with E-state index in [1.165, 1.54) is 37.7 Å². The highest BCUT2D eigenvalue weighted by Crippen LogP contribution is 2.60. The number of carboxylic acid groups (broad SMARTS) is 1. The lowest BCUT2D eigenvalue weighted by molar-refractivity contribution is -0.136. The summed E-state index contributed by atoms with van der Waals surface area (Å²) < 4.78 is 0. The van der Waals surface area contributed by atoms with E-state index >= 15 is 0 Å². The van der Waals surface area contributed by atoms with Crippen LogP contribution in [0.4, 0.5) is 0 Å². The van der Waals surface area contributed by atoms with E-state index in [1.54, 1.807) is 0 Å². The molecule has 5 atom stereocenters. The molecule has 0 saturated heterocycles. The minimum absolute atomic E-state index is 0.0331. The van der Waals surface area contributed by atoms with Crippen molar-refractivity contribution in [3.63, 3.8) is 0 Å². The highest BCUT2D eigenvalue weighted by atomic mass is 16.4. The van der Waals surface area contributed by atoms with Crippen LogP contribution in [0.25, 0.3) is 0 Å². The van der Waals surface area contributed by atoms with Crippen LogP contribution in [0.2, 0.25) is 0 Å². The molecule has 0 aromatic rings. The summed E-state index contributed by atoms with van der Waals surface area (Å²) in [4.78, 5) is 10.7. The van der Waals surface area contributed by atoms with Gasteiger partial charge >= 0.3 is 5.97 Å². The summed E-state index contributed by atoms with van der Waals surface area (Å²) in [7, 11) is 0. The number of hydrogen-bond acceptors (Lipinski definition) is 3. The van der Waals surface area contributed by atoms with Crippen molar-refractivity contribution >= 4 is 5.97 Å². The fraction of sp³-hybridized carbons (Fsp3) is 0.783. The van der Waals surface area contributed by atoms with Crippen molar-refractivity contribution in [1.29, 1.82) is 0 Å². The monoisotopic (exact) mass is 374 g/mol. The molecule has 0 aliphatic heterocycles. The van der Waals surface area contributed by atoms with Gasteiger partial charge in [0.2, 0.25) is 0 Å². The van der Waals surface area contributed by atoms with E-state index in [0.29, 0.717) is 18.3 Å². The molecule has 27 heavy (non-hydrogen) atoms. The zero-order valence-electron chi connectivity index (χ0n) is 16.5. The first-order valence-corrected chi connectivity index (χ1v) is 10.7. The molecule has 0 spiro atoms. The maximum atomic E-state index is 10.7. The van der Waals surface area contributed by atoms with Gasteiger partial charge in [-0.3, -0.25) is 4.79 Å². The molecule has 0 bridgehead atoms. The first kappa shape index (κ1) is 20.4. The Balaban J connectivity index is 1.60. The molecule has 0 amide bonds. The van der Waals surface area contributed by atoms with Crippen LogP contribution in [0.15, 0.2) is 11.6 Å². The molecule has 150 valence electrons. The molecule has 4 nitrogen and oxygen atoms in total. The average Bonchev–Trinajstić information content (AvgIpc) is 2.63. The van der Waals surface area contributed by atoms with Gasteiger partial charge in [-0.15, -0.1) is 0 Å². The third-order valence-electron chi connectivity index (χ3n) is 7.25. The number of allylic oxidation sites excluding steroid dienone is 2. The van der Waals surface area contributed by atoms with Crippen LogP contribution in [0.3, 0.4) is 0 Å². The van der Waals surface area contributed by atoms with Gasteiger partial charge < -0.3 is 15.3 Å². The highest BCUT2D eigenvalue weighted by Gasteiger charge is 2.54. The molecule has 0 aromatic carbocycles. The minimum Gasteiger partial charge on any atom is -0.481 e. The van der Waals surface area contributed by atoms with Gasteiger partial charge in [0.15, 0.2) is 0 Å². The van der Waals surface area contributed by atoms with Crippen molar-refractivity contribution < 1.29 is 20.1 Å². The Hall–Kier alpha value is -1.31. The smallest absolute Gasteiger partial charge is 0.303 e. The molecule has 3 saturated carbocycles. The Labute approximate surface area is 163 Å². The van der Waals surface area contributed by atoms with E-state index in [4.69, 9.17) is 5.11 Å². The zero-order valence-corrected chi connectivity index (χ0v) is 16.5. The van der Waals surface area contributed by atoms with E-state index in [1.807, 2.05) is 0 Å². The topological polar surface area (TPSA) is 77.8 Å². The number of aliphatic carboxylic acids is 1. The normalized spacial score (nSPS) is 36.3. The predicted octanol–water partition coefficient (Wildman–Crippen LogP) is 3.91. The summed E-state index contributed by atoms with van der Waals surface area (Å²) in [6.07, 6.45) is 11.4. The number of hydrogen-bond donors (Lipinski definition) is 3. The third-order valence-corrected chi connectivity index (χ3v) is 7.25. The van der Waals surface area contributed by atoms with Gasteiger partial charge in [-0.2, -0.15) is 0 Å². The van der Waals surface area contributed by atoms with E-state index in [2.05, 4.69) is 24.8 Å². The van der Waals surface area contributed by atoms with Crippen LogP contribution in [-0.2, 0) is 4.79 Å². The summed E-state index contributed by atoms with van der Waals surface area (Å²) in [6, 6.07) is 0. The molecular weight excluding hydrogens is 340 g/mol. The maximum absolute atomic E-state index is 10.7. The molecule has 1 unspecified atom stereocenters. The Kier molecular flexibility index (Phi) is 6.65. The van der Waals surface area contributed by atoms with E-state index < -0.39 is 18.2 Å². The molecule has 4 heteroatoms. The van der Waals surface area contributed by atoms with Crippen LogP contribution >= 0.6 is 0 Å². The summed E-state index contributed by atoms with van der Waals surface area (Å²) in [5, 5.41) is 29.7. The van der Waals surface area contributed by atoms with Gasteiger partial charge in [-0.1, -0.05) is 62.5 Å². The molecule has 0 aromatic heterocycles. The van der Waals surface area contributed by atoms with Gasteiger partial charge in [-0.25, -0.2) is 0 Å². The lowest BCUT2D eigenvalue weighted by atomic mass is 9.48. The Morgan fingerprint density at radius 1 is 1.30 bits per heavy atom. The lowest BCUT2D eigenvalue weighted by Gasteiger charge is -2.57. The zero-order chi connectivity index (χ0) is 19.4. The fourth-order valence-corrected chi connectivity index (χ4v) is 5.44. The van der Waals surface area contributed by atoms with Crippen LogP contribution < -0.4 is 0 Å². The van der Waals surface area contributed by atoms with Gasteiger partial charge in [0.1, 0.15) is 6.10 Å². The summed E-state index contributed by atoms with van der Waals surface area (Å²) in [5.41, 5.74) is 1.36. The number of carbonyl (C=O) groups is 1. The van der Waals surface area contributed by atoms with Crippen LogP contribution in [-0.4, -0.2) is 33.5 Å². The number of aliphatic hydroxyl groups excluding tert-OH is 2. The molecule has 3 N–H and O–H groups in total. The first-order valence-electron chi connectivity index (χ1n) is 10.7. The van der Waals surface area contributed by atoms with Crippen LogP contribution in [0.5, 0.6) is 0 Å². The van der Waals surface area contributed by atoms with E-state index in [9.17, 15) is 15.0 Å².